The maximum Gasteiger partial charge on any atom is 0.276 e. The zero-order valence-electron chi connectivity index (χ0n) is 15.4. The lowest BCUT2D eigenvalue weighted by atomic mass is 10.2. The van der Waals surface area contributed by atoms with E-state index in [-0.39, 0.29) is 22.4 Å². The summed E-state index contributed by atoms with van der Waals surface area (Å²) in [7, 11) is -1.85. The van der Waals surface area contributed by atoms with Crippen molar-refractivity contribution in [3.8, 4) is 5.75 Å². The van der Waals surface area contributed by atoms with Crippen LogP contribution in [-0.4, -0.2) is 42.3 Å². The van der Waals surface area contributed by atoms with Gasteiger partial charge in [0, 0.05) is 19.3 Å². The van der Waals surface area contributed by atoms with Gasteiger partial charge in [-0.2, -0.15) is 0 Å². The van der Waals surface area contributed by atoms with E-state index in [1.165, 1.54) is 0 Å². The summed E-state index contributed by atoms with van der Waals surface area (Å²) < 4.78 is 6.12. The average Bonchev–Trinajstić information content (AvgIpc) is 2.45. The molecule has 1 rings (SSSR count). The fraction of sp³-hybridized carbons (Fsp3) is 0.647. The number of aromatic hydroxyl groups is 1. The summed E-state index contributed by atoms with van der Waals surface area (Å²) in [5.41, 5.74) is 0.883. The van der Waals surface area contributed by atoms with Gasteiger partial charge in [-0.15, -0.1) is 0 Å². The van der Waals surface area contributed by atoms with Crippen molar-refractivity contribution in [2.75, 3.05) is 13.1 Å². The van der Waals surface area contributed by atoms with Gasteiger partial charge < -0.3 is 14.4 Å². The largest absolute Gasteiger partial charge is 0.505 e. The highest BCUT2D eigenvalue weighted by atomic mass is 28.4. The molecule has 0 unspecified atom stereocenters. The molecule has 1 N–H and O–H groups in total. The molecule has 0 bridgehead atoms. The van der Waals surface area contributed by atoms with Crippen LogP contribution >= 0.6 is 0 Å². The summed E-state index contributed by atoms with van der Waals surface area (Å²) in [5, 5.41) is 10.3. The van der Waals surface area contributed by atoms with Crippen LogP contribution in [0.5, 0.6) is 5.75 Å². The van der Waals surface area contributed by atoms with E-state index in [2.05, 4.69) is 38.8 Å². The molecule has 0 fully saturated rings. The second kappa shape index (κ2) is 7.44. The zero-order chi connectivity index (χ0) is 17.8. The highest BCUT2D eigenvalue weighted by Crippen LogP contribution is 2.37. The summed E-state index contributed by atoms with van der Waals surface area (Å²) in [6.07, 6.45) is 1.61. The zero-order valence-corrected chi connectivity index (χ0v) is 16.4. The number of nitrogens with zero attached hydrogens (tertiary/aromatic N) is 2. The first kappa shape index (κ1) is 19.6. The number of hydrogen-bond acceptors (Lipinski definition) is 4. The van der Waals surface area contributed by atoms with E-state index < -0.39 is 8.32 Å². The summed E-state index contributed by atoms with van der Waals surface area (Å²) in [5.74, 6) is -0.331. The third kappa shape index (κ3) is 4.78. The van der Waals surface area contributed by atoms with E-state index in [1.807, 2.05) is 13.8 Å². The monoisotopic (exact) mass is 338 g/mol. The van der Waals surface area contributed by atoms with Crippen LogP contribution in [0.3, 0.4) is 0 Å². The van der Waals surface area contributed by atoms with E-state index in [9.17, 15) is 9.90 Å². The number of rotatable bonds is 6. The van der Waals surface area contributed by atoms with Crippen molar-refractivity contribution >= 4 is 14.2 Å². The second-order valence-electron chi connectivity index (χ2n) is 7.24. The molecule has 130 valence electrons. The minimum atomic E-state index is -1.85. The van der Waals surface area contributed by atoms with Crippen molar-refractivity contribution in [1.29, 1.82) is 0 Å². The molecule has 0 saturated carbocycles. The molecule has 0 spiro atoms. The Labute approximate surface area is 140 Å². The lowest BCUT2D eigenvalue weighted by Gasteiger charge is -2.36. The fourth-order valence-electron chi connectivity index (χ4n) is 1.88. The first-order chi connectivity index (χ1) is 10.5. The second-order valence-corrected chi connectivity index (χ2v) is 12.0. The molecule has 0 aromatic carbocycles. The van der Waals surface area contributed by atoms with Crippen molar-refractivity contribution in [2.24, 2.45) is 0 Å². The molecular formula is C17H30N2O3Si. The summed E-state index contributed by atoms with van der Waals surface area (Å²) in [6.45, 7) is 16.3. The predicted octanol–water partition coefficient (Wildman–Crippen LogP) is 3.79. The molecular weight excluding hydrogens is 308 g/mol. The molecule has 1 amide bonds. The van der Waals surface area contributed by atoms with E-state index in [0.717, 1.165) is 5.56 Å². The SMILES string of the molecule is CCN(CC)C(=O)c1ncc(CO[Si](C)(C)C(C)(C)C)cc1O. The number of carbonyl (C=O) groups excluding carboxylic acids is 1. The van der Waals surface area contributed by atoms with Gasteiger partial charge in [-0.1, -0.05) is 20.8 Å². The smallest absolute Gasteiger partial charge is 0.276 e. The quantitative estimate of drug-likeness (QED) is 0.802. The Balaban J connectivity index is 2.87. The molecule has 0 atom stereocenters. The number of hydrogen-bond donors (Lipinski definition) is 1. The summed E-state index contributed by atoms with van der Waals surface area (Å²) in [4.78, 5) is 18.1. The number of aromatic nitrogens is 1. The van der Waals surface area contributed by atoms with Gasteiger partial charge in [0.15, 0.2) is 14.0 Å². The maximum absolute atomic E-state index is 12.3. The van der Waals surface area contributed by atoms with E-state index >= 15 is 0 Å². The third-order valence-electron chi connectivity index (χ3n) is 4.58. The minimum Gasteiger partial charge on any atom is -0.505 e. The molecule has 0 aliphatic heterocycles. The molecule has 23 heavy (non-hydrogen) atoms. The third-order valence-corrected chi connectivity index (χ3v) is 9.06. The Morgan fingerprint density at radius 2 is 1.87 bits per heavy atom. The van der Waals surface area contributed by atoms with Crippen LogP contribution in [0.15, 0.2) is 12.3 Å². The van der Waals surface area contributed by atoms with Gasteiger partial charge in [0.2, 0.25) is 0 Å². The van der Waals surface area contributed by atoms with E-state index in [0.29, 0.717) is 19.7 Å². The van der Waals surface area contributed by atoms with Crippen LogP contribution in [0.4, 0.5) is 0 Å². The molecule has 0 aliphatic carbocycles. The number of carbonyl (C=O) groups is 1. The van der Waals surface area contributed by atoms with Crippen LogP contribution in [0.2, 0.25) is 18.1 Å². The van der Waals surface area contributed by atoms with Crippen LogP contribution in [0, 0.1) is 0 Å². The van der Waals surface area contributed by atoms with Crippen LogP contribution in [-0.2, 0) is 11.0 Å². The first-order valence-corrected chi connectivity index (χ1v) is 11.1. The van der Waals surface area contributed by atoms with Crippen molar-refractivity contribution < 1.29 is 14.3 Å². The van der Waals surface area contributed by atoms with Crippen molar-refractivity contribution in [3.05, 3.63) is 23.5 Å². The molecule has 0 saturated heterocycles. The Hall–Kier alpha value is -1.40. The molecule has 1 aromatic rings. The topological polar surface area (TPSA) is 62.7 Å². The van der Waals surface area contributed by atoms with Crippen LogP contribution in [0.1, 0.15) is 50.7 Å². The van der Waals surface area contributed by atoms with Gasteiger partial charge in [0.05, 0.1) is 6.61 Å². The lowest BCUT2D eigenvalue weighted by Crippen LogP contribution is -2.40. The Morgan fingerprint density at radius 1 is 1.30 bits per heavy atom. The normalized spacial score (nSPS) is 12.3. The molecule has 0 radical (unpaired) electrons. The van der Waals surface area contributed by atoms with Crippen LogP contribution < -0.4 is 0 Å². The van der Waals surface area contributed by atoms with Gasteiger partial charge in [-0.25, -0.2) is 4.98 Å². The summed E-state index contributed by atoms with van der Waals surface area (Å²) >= 11 is 0. The molecule has 1 aromatic heterocycles. The summed E-state index contributed by atoms with van der Waals surface area (Å²) in [6, 6.07) is 1.58. The molecule has 1 heterocycles. The Morgan fingerprint density at radius 3 is 2.30 bits per heavy atom. The minimum absolute atomic E-state index is 0.0850. The Kier molecular flexibility index (Phi) is 6.36. The Bertz CT molecular complexity index is 549. The fourth-order valence-corrected chi connectivity index (χ4v) is 2.84. The van der Waals surface area contributed by atoms with Gasteiger partial charge >= 0.3 is 0 Å². The lowest BCUT2D eigenvalue weighted by molar-refractivity contribution is 0.0763. The molecule has 6 heteroatoms. The van der Waals surface area contributed by atoms with Crippen molar-refractivity contribution in [3.63, 3.8) is 0 Å². The standard InChI is InChI=1S/C17H30N2O3Si/c1-8-19(9-2)16(21)15-14(20)10-13(11-18-15)12-22-23(6,7)17(3,4)5/h10-11,20H,8-9,12H2,1-7H3. The van der Waals surface area contributed by atoms with Gasteiger partial charge in [-0.3, -0.25) is 4.79 Å². The first-order valence-electron chi connectivity index (χ1n) is 8.14. The average molecular weight is 339 g/mol. The van der Waals surface area contributed by atoms with Crippen molar-refractivity contribution in [1.82, 2.24) is 9.88 Å². The van der Waals surface area contributed by atoms with Gasteiger partial charge in [-0.05, 0) is 43.6 Å². The molecule has 0 aliphatic rings. The predicted molar refractivity (Wildman–Crippen MR) is 95.1 cm³/mol. The van der Waals surface area contributed by atoms with Crippen LogP contribution in [0.25, 0.3) is 0 Å². The van der Waals surface area contributed by atoms with Gasteiger partial charge in [0.25, 0.3) is 5.91 Å². The molecule has 5 nitrogen and oxygen atoms in total. The van der Waals surface area contributed by atoms with E-state index in [1.54, 1.807) is 17.2 Å². The van der Waals surface area contributed by atoms with Crippen molar-refractivity contribution in [2.45, 2.75) is 59.4 Å². The number of pyridine rings is 1. The highest BCUT2D eigenvalue weighted by Gasteiger charge is 2.37. The number of amides is 1. The van der Waals surface area contributed by atoms with Gasteiger partial charge in [0.1, 0.15) is 5.75 Å². The highest BCUT2D eigenvalue weighted by molar-refractivity contribution is 6.74. The maximum atomic E-state index is 12.3. The van der Waals surface area contributed by atoms with E-state index in [4.69, 9.17) is 4.43 Å².